The van der Waals surface area contributed by atoms with Crippen LogP contribution in [0.1, 0.15) is 48.2 Å². The van der Waals surface area contributed by atoms with E-state index in [1.165, 1.54) is 19.3 Å². The molecule has 1 aliphatic rings. The van der Waals surface area contributed by atoms with E-state index in [0.717, 1.165) is 35.2 Å². The number of carbonyl (C=O) groups is 1. The van der Waals surface area contributed by atoms with Crippen molar-refractivity contribution in [3.63, 3.8) is 0 Å². The van der Waals surface area contributed by atoms with Gasteiger partial charge in [0.2, 0.25) is 0 Å². The molecule has 1 aromatic heterocycles. The quantitative estimate of drug-likeness (QED) is 0.855. The van der Waals surface area contributed by atoms with Gasteiger partial charge in [-0.1, -0.05) is 24.6 Å². The van der Waals surface area contributed by atoms with Crippen molar-refractivity contribution >= 4 is 22.5 Å². The molecular formula is C17H19N3O. The van der Waals surface area contributed by atoms with Gasteiger partial charge in [-0.15, -0.1) is 0 Å². The maximum absolute atomic E-state index is 12.4. The van der Waals surface area contributed by atoms with Crippen LogP contribution in [0.5, 0.6) is 0 Å². The summed E-state index contributed by atoms with van der Waals surface area (Å²) >= 11 is 0. The van der Waals surface area contributed by atoms with E-state index in [0.29, 0.717) is 5.56 Å². The minimum Gasteiger partial charge on any atom is -0.267 e. The van der Waals surface area contributed by atoms with Gasteiger partial charge in [0, 0.05) is 16.8 Å². The number of rotatable bonds is 2. The molecular weight excluding hydrogens is 262 g/mol. The lowest BCUT2D eigenvalue weighted by atomic mass is 9.99. The van der Waals surface area contributed by atoms with E-state index in [-0.39, 0.29) is 5.91 Å². The van der Waals surface area contributed by atoms with Gasteiger partial charge < -0.3 is 0 Å². The highest BCUT2D eigenvalue weighted by Gasteiger charge is 2.12. The largest absolute Gasteiger partial charge is 0.272 e. The molecule has 108 valence electrons. The number of pyridine rings is 1. The number of hydrogen-bond donors (Lipinski definition) is 1. The second kappa shape index (κ2) is 6.04. The fourth-order valence-corrected chi connectivity index (χ4v) is 2.76. The van der Waals surface area contributed by atoms with Crippen LogP contribution in [0.2, 0.25) is 0 Å². The molecule has 4 nitrogen and oxygen atoms in total. The smallest absolute Gasteiger partial charge is 0.267 e. The first-order valence-corrected chi connectivity index (χ1v) is 7.46. The third kappa shape index (κ3) is 3.10. The van der Waals surface area contributed by atoms with E-state index in [9.17, 15) is 4.79 Å². The molecule has 0 aliphatic heterocycles. The van der Waals surface area contributed by atoms with Crippen LogP contribution in [0.4, 0.5) is 0 Å². The molecule has 0 bridgehead atoms. The van der Waals surface area contributed by atoms with Crippen LogP contribution in [0.25, 0.3) is 10.9 Å². The Kier molecular flexibility index (Phi) is 3.95. The van der Waals surface area contributed by atoms with Gasteiger partial charge in [-0.2, -0.15) is 5.10 Å². The predicted molar refractivity (Wildman–Crippen MR) is 84.5 cm³/mol. The highest BCUT2D eigenvalue weighted by Crippen LogP contribution is 2.18. The third-order valence-corrected chi connectivity index (χ3v) is 3.84. The second-order valence-corrected chi connectivity index (χ2v) is 5.51. The van der Waals surface area contributed by atoms with Gasteiger partial charge in [-0.25, -0.2) is 5.43 Å². The molecule has 1 heterocycles. The standard InChI is InChI=1S/C17H19N3O/c1-12-11-15(14-9-5-6-10-16(14)18-12)17(21)20-19-13-7-3-2-4-8-13/h5-6,9-11H,2-4,7-8H2,1H3,(H,20,21). The third-order valence-electron chi connectivity index (χ3n) is 3.84. The summed E-state index contributed by atoms with van der Waals surface area (Å²) in [5.74, 6) is -0.158. The summed E-state index contributed by atoms with van der Waals surface area (Å²) in [7, 11) is 0. The number of carbonyl (C=O) groups excluding carboxylic acids is 1. The van der Waals surface area contributed by atoms with Crippen molar-refractivity contribution in [1.29, 1.82) is 0 Å². The van der Waals surface area contributed by atoms with Gasteiger partial charge in [-0.3, -0.25) is 9.78 Å². The molecule has 0 unspecified atom stereocenters. The predicted octanol–water partition coefficient (Wildman–Crippen LogP) is 3.59. The summed E-state index contributed by atoms with van der Waals surface area (Å²) in [6.07, 6.45) is 5.60. The molecule has 0 atom stereocenters. The van der Waals surface area contributed by atoms with E-state index >= 15 is 0 Å². The van der Waals surface area contributed by atoms with E-state index in [1.807, 2.05) is 37.3 Å². The fraction of sp³-hybridized carbons (Fsp3) is 0.353. The van der Waals surface area contributed by atoms with Crippen molar-refractivity contribution in [3.8, 4) is 0 Å². The van der Waals surface area contributed by atoms with Crippen LogP contribution in [0, 0.1) is 6.92 Å². The Balaban J connectivity index is 1.87. The van der Waals surface area contributed by atoms with Crippen molar-refractivity contribution in [3.05, 3.63) is 41.6 Å². The molecule has 1 saturated carbocycles. The number of aryl methyl sites for hydroxylation is 1. The Morgan fingerprint density at radius 2 is 1.95 bits per heavy atom. The summed E-state index contributed by atoms with van der Waals surface area (Å²) < 4.78 is 0. The zero-order chi connectivity index (χ0) is 14.7. The molecule has 1 amide bonds. The van der Waals surface area contributed by atoms with Crippen molar-refractivity contribution < 1.29 is 4.79 Å². The van der Waals surface area contributed by atoms with Crippen molar-refractivity contribution in [2.24, 2.45) is 5.10 Å². The van der Waals surface area contributed by atoms with Crippen molar-refractivity contribution in [2.45, 2.75) is 39.0 Å². The molecule has 1 fully saturated rings. The Hall–Kier alpha value is -2.23. The molecule has 4 heteroatoms. The Labute approximate surface area is 124 Å². The van der Waals surface area contributed by atoms with Crippen LogP contribution in [0.15, 0.2) is 35.4 Å². The van der Waals surface area contributed by atoms with Crippen LogP contribution < -0.4 is 5.43 Å². The van der Waals surface area contributed by atoms with Gasteiger partial charge in [0.1, 0.15) is 0 Å². The first-order chi connectivity index (χ1) is 10.2. The van der Waals surface area contributed by atoms with Gasteiger partial charge in [-0.05, 0) is 44.7 Å². The summed E-state index contributed by atoms with van der Waals surface area (Å²) in [5, 5.41) is 5.16. The number of amides is 1. The fourth-order valence-electron chi connectivity index (χ4n) is 2.76. The topological polar surface area (TPSA) is 54.4 Å². The van der Waals surface area contributed by atoms with Crippen LogP contribution in [-0.2, 0) is 0 Å². The van der Waals surface area contributed by atoms with Gasteiger partial charge in [0.25, 0.3) is 5.91 Å². The lowest BCUT2D eigenvalue weighted by Crippen LogP contribution is -2.21. The first-order valence-electron chi connectivity index (χ1n) is 7.46. The zero-order valence-corrected chi connectivity index (χ0v) is 12.2. The lowest BCUT2D eigenvalue weighted by Gasteiger charge is -2.12. The highest BCUT2D eigenvalue weighted by molar-refractivity contribution is 6.06. The van der Waals surface area contributed by atoms with Crippen molar-refractivity contribution in [2.75, 3.05) is 0 Å². The molecule has 3 rings (SSSR count). The maximum Gasteiger partial charge on any atom is 0.272 e. The minimum atomic E-state index is -0.158. The number of hydrogen-bond acceptors (Lipinski definition) is 3. The second-order valence-electron chi connectivity index (χ2n) is 5.51. The summed E-state index contributed by atoms with van der Waals surface area (Å²) in [4.78, 5) is 16.9. The Morgan fingerprint density at radius 1 is 1.19 bits per heavy atom. The minimum absolute atomic E-state index is 0.158. The number of nitrogens with one attached hydrogen (secondary N) is 1. The van der Waals surface area contributed by atoms with Gasteiger partial charge >= 0.3 is 0 Å². The summed E-state index contributed by atoms with van der Waals surface area (Å²) in [6.45, 7) is 1.90. The average Bonchev–Trinajstić information content (AvgIpc) is 2.52. The molecule has 21 heavy (non-hydrogen) atoms. The van der Waals surface area contributed by atoms with Crippen LogP contribution in [0.3, 0.4) is 0 Å². The van der Waals surface area contributed by atoms with E-state index in [1.54, 1.807) is 0 Å². The monoisotopic (exact) mass is 281 g/mol. The van der Waals surface area contributed by atoms with Gasteiger partial charge in [0.15, 0.2) is 0 Å². The number of nitrogens with zero attached hydrogens (tertiary/aromatic N) is 2. The molecule has 0 saturated heterocycles. The Bertz CT molecular complexity index is 698. The summed E-state index contributed by atoms with van der Waals surface area (Å²) in [6, 6.07) is 9.51. The molecule has 0 radical (unpaired) electrons. The van der Waals surface area contributed by atoms with Crippen LogP contribution in [-0.4, -0.2) is 16.6 Å². The average molecular weight is 281 g/mol. The normalized spacial score (nSPS) is 15.0. The molecule has 1 aliphatic carbocycles. The number of benzene rings is 1. The maximum atomic E-state index is 12.4. The van der Waals surface area contributed by atoms with E-state index in [4.69, 9.17) is 0 Å². The van der Waals surface area contributed by atoms with E-state index in [2.05, 4.69) is 15.5 Å². The molecule has 1 N–H and O–H groups in total. The highest BCUT2D eigenvalue weighted by atomic mass is 16.2. The number of aromatic nitrogens is 1. The number of hydrazone groups is 1. The summed E-state index contributed by atoms with van der Waals surface area (Å²) in [5.41, 5.74) is 6.13. The Morgan fingerprint density at radius 3 is 2.76 bits per heavy atom. The zero-order valence-electron chi connectivity index (χ0n) is 12.2. The lowest BCUT2D eigenvalue weighted by molar-refractivity contribution is 0.0956. The van der Waals surface area contributed by atoms with E-state index < -0.39 is 0 Å². The van der Waals surface area contributed by atoms with Crippen LogP contribution >= 0.6 is 0 Å². The molecule has 2 aromatic rings. The molecule has 1 aromatic carbocycles. The molecule has 0 spiro atoms. The number of para-hydroxylation sites is 1. The SMILES string of the molecule is Cc1cc(C(=O)NN=C2CCCCC2)c2ccccc2n1. The number of fused-ring (bicyclic) bond motifs is 1. The van der Waals surface area contributed by atoms with Crippen molar-refractivity contribution in [1.82, 2.24) is 10.4 Å². The first kappa shape index (κ1) is 13.7. The van der Waals surface area contributed by atoms with Gasteiger partial charge in [0.05, 0.1) is 11.1 Å².